The first-order valence-electron chi connectivity index (χ1n) is 9.66. The zero-order valence-electron chi connectivity index (χ0n) is 16.5. The quantitative estimate of drug-likeness (QED) is 0.662. The minimum Gasteiger partial charge on any atom is -0.497 e. The van der Waals surface area contributed by atoms with Gasteiger partial charge in [0.1, 0.15) is 5.75 Å². The standard InChI is InChI=1S/C24H21ClN2O3/c1-30-21-4-2-3-19(14-21)23(28)26-15-16-5-6-17-11-12-27(22(17)13-16)24(29)18-7-9-20(25)10-8-18/h2-10,13-14H,11-12,15H2,1H3,(H,26,28). The smallest absolute Gasteiger partial charge is 0.258 e. The summed E-state index contributed by atoms with van der Waals surface area (Å²) in [7, 11) is 1.57. The molecule has 1 aliphatic rings. The molecular weight excluding hydrogens is 400 g/mol. The van der Waals surface area contributed by atoms with Gasteiger partial charge in [0, 0.05) is 34.9 Å². The molecule has 0 radical (unpaired) electrons. The van der Waals surface area contributed by atoms with E-state index in [1.54, 1.807) is 60.5 Å². The molecular formula is C24H21ClN2O3. The molecule has 0 saturated heterocycles. The van der Waals surface area contributed by atoms with Crippen molar-refractivity contribution >= 4 is 29.1 Å². The largest absolute Gasteiger partial charge is 0.497 e. The van der Waals surface area contributed by atoms with Crippen LogP contribution in [0.15, 0.2) is 66.7 Å². The van der Waals surface area contributed by atoms with Gasteiger partial charge in [-0.05, 0) is 66.1 Å². The summed E-state index contributed by atoms with van der Waals surface area (Å²) in [4.78, 5) is 27.2. The lowest BCUT2D eigenvalue weighted by atomic mass is 10.1. The molecule has 1 N–H and O–H groups in total. The van der Waals surface area contributed by atoms with E-state index in [1.807, 2.05) is 18.2 Å². The number of hydrogen-bond donors (Lipinski definition) is 1. The Hall–Kier alpha value is -3.31. The molecule has 5 nitrogen and oxygen atoms in total. The Balaban J connectivity index is 1.48. The molecule has 3 aromatic rings. The summed E-state index contributed by atoms with van der Waals surface area (Å²) in [5, 5.41) is 3.53. The van der Waals surface area contributed by atoms with Crippen LogP contribution >= 0.6 is 11.6 Å². The number of fused-ring (bicyclic) bond motifs is 1. The van der Waals surface area contributed by atoms with Gasteiger partial charge in [0.25, 0.3) is 11.8 Å². The van der Waals surface area contributed by atoms with Crippen LogP contribution in [0.4, 0.5) is 5.69 Å². The number of amides is 2. The SMILES string of the molecule is COc1cccc(C(=O)NCc2ccc3c(c2)N(C(=O)c2ccc(Cl)cc2)CC3)c1. The van der Waals surface area contributed by atoms with E-state index in [1.165, 1.54) is 0 Å². The van der Waals surface area contributed by atoms with Crippen molar-refractivity contribution in [2.75, 3.05) is 18.6 Å². The minimum absolute atomic E-state index is 0.0528. The minimum atomic E-state index is -0.177. The first-order valence-corrected chi connectivity index (χ1v) is 10.0. The molecule has 30 heavy (non-hydrogen) atoms. The first-order chi connectivity index (χ1) is 14.5. The average molecular weight is 421 g/mol. The van der Waals surface area contributed by atoms with Crippen LogP contribution in [-0.2, 0) is 13.0 Å². The molecule has 0 aliphatic carbocycles. The second-order valence-electron chi connectivity index (χ2n) is 7.09. The Labute approximate surface area is 180 Å². The summed E-state index contributed by atoms with van der Waals surface area (Å²) in [6.45, 7) is 1.00. The highest BCUT2D eigenvalue weighted by molar-refractivity contribution is 6.30. The molecule has 6 heteroatoms. The Kier molecular flexibility index (Phi) is 5.72. The van der Waals surface area contributed by atoms with Gasteiger partial charge in [-0.1, -0.05) is 29.8 Å². The number of anilines is 1. The summed E-state index contributed by atoms with van der Waals surface area (Å²) in [5.74, 6) is 0.406. The molecule has 2 amide bonds. The van der Waals surface area contributed by atoms with Crippen LogP contribution in [0.25, 0.3) is 0 Å². The van der Waals surface area contributed by atoms with E-state index in [0.717, 1.165) is 23.2 Å². The van der Waals surface area contributed by atoms with Crippen molar-refractivity contribution in [1.82, 2.24) is 5.32 Å². The van der Waals surface area contributed by atoms with Gasteiger partial charge in [-0.3, -0.25) is 9.59 Å². The zero-order chi connectivity index (χ0) is 21.1. The summed E-state index contributed by atoms with van der Waals surface area (Å²) < 4.78 is 5.17. The highest BCUT2D eigenvalue weighted by Gasteiger charge is 2.25. The third-order valence-corrected chi connectivity index (χ3v) is 5.42. The van der Waals surface area contributed by atoms with Crippen molar-refractivity contribution in [2.24, 2.45) is 0 Å². The number of rotatable bonds is 5. The Bertz CT molecular complexity index is 1100. The molecule has 0 atom stereocenters. The van der Waals surface area contributed by atoms with Crippen molar-refractivity contribution < 1.29 is 14.3 Å². The second kappa shape index (κ2) is 8.59. The van der Waals surface area contributed by atoms with E-state index in [-0.39, 0.29) is 11.8 Å². The number of methoxy groups -OCH3 is 1. The molecule has 0 spiro atoms. The number of nitrogens with one attached hydrogen (secondary N) is 1. The van der Waals surface area contributed by atoms with E-state index in [2.05, 4.69) is 5.32 Å². The maximum atomic E-state index is 12.9. The van der Waals surface area contributed by atoms with Gasteiger partial charge in [0.15, 0.2) is 0 Å². The molecule has 0 aromatic heterocycles. The van der Waals surface area contributed by atoms with Crippen molar-refractivity contribution in [3.8, 4) is 5.75 Å². The van der Waals surface area contributed by atoms with E-state index >= 15 is 0 Å². The summed E-state index contributed by atoms with van der Waals surface area (Å²) >= 11 is 5.93. The fourth-order valence-electron chi connectivity index (χ4n) is 3.54. The third-order valence-electron chi connectivity index (χ3n) is 5.17. The van der Waals surface area contributed by atoms with E-state index in [9.17, 15) is 9.59 Å². The fraction of sp³-hybridized carbons (Fsp3) is 0.167. The molecule has 152 valence electrons. The van der Waals surface area contributed by atoms with Gasteiger partial charge >= 0.3 is 0 Å². The van der Waals surface area contributed by atoms with Crippen LogP contribution in [0, 0.1) is 0 Å². The number of carbonyl (C=O) groups is 2. The first kappa shape index (κ1) is 20.0. The van der Waals surface area contributed by atoms with Gasteiger partial charge in [0.05, 0.1) is 7.11 Å². The maximum absolute atomic E-state index is 12.9. The van der Waals surface area contributed by atoms with Gasteiger partial charge in [-0.25, -0.2) is 0 Å². The molecule has 0 bridgehead atoms. The second-order valence-corrected chi connectivity index (χ2v) is 7.53. The molecule has 4 rings (SSSR count). The van der Waals surface area contributed by atoms with Crippen molar-refractivity contribution in [3.63, 3.8) is 0 Å². The highest BCUT2D eigenvalue weighted by Crippen LogP contribution is 2.30. The number of halogens is 1. The predicted octanol–water partition coefficient (Wildman–Crippen LogP) is 4.48. The van der Waals surface area contributed by atoms with Crippen LogP contribution in [0.1, 0.15) is 31.8 Å². The van der Waals surface area contributed by atoms with Gasteiger partial charge in [-0.2, -0.15) is 0 Å². The number of carbonyl (C=O) groups excluding carboxylic acids is 2. The van der Waals surface area contributed by atoms with Crippen molar-refractivity contribution in [2.45, 2.75) is 13.0 Å². The maximum Gasteiger partial charge on any atom is 0.258 e. The lowest BCUT2D eigenvalue weighted by Gasteiger charge is -2.18. The third kappa shape index (κ3) is 4.16. The molecule has 0 unspecified atom stereocenters. The lowest BCUT2D eigenvalue weighted by Crippen LogP contribution is -2.29. The summed E-state index contributed by atoms with van der Waals surface area (Å²) in [6, 6.07) is 19.9. The number of benzene rings is 3. The van der Waals surface area contributed by atoms with Crippen LogP contribution in [0.2, 0.25) is 5.02 Å². The number of nitrogens with zero attached hydrogens (tertiary/aromatic N) is 1. The van der Waals surface area contributed by atoms with E-state index < -0.39 is 0 Å². The van der Waals surface area contributed by atoms with Crippen LogP contribution in [0.3, 0.4) is 0 Å². The molecule has 1 aliphatic heterocycles. The molecule has 0 fully saturated rings. The van der Waals surface area contributed by atoms with Gasteiger partial charge in [-0.15, -0.1) is 0 Å². The number of ether oxygens (including phenoxy) is 1. The topological polar surface area (TPSA) is 58.6 Å². The molecule has 3 aromatic carbocycles. The summed E-state index contributed by atoms with van der Waals surface area (Å²) in [6.07, 6.45) is 0.811. The van der Waals surface area contributed by atoms with E-state index in [0.29, 0.717) is 35.0 Å². The highest BCUT2D eigenvalue weighted by atomic mass is 35.5. The van der Waals surface area contributed by atoms with Crippen molar-refractivity contribution in [1.29, 1.82) is 0 Å². The Morgan fingerprint density at radius 2 is 1.83 bits per heavy atom. The van der Waals surface area contributed by atoms with E-state index in [4.69, 9.17) is 16.3 Å². The predicted molar refractivity (Wildman–Crippen MR) is 117 cm³/mol. The summed E-state index contributed by atoms with van der Waals surface area (Å²) in [5.41, 5.74) is 4.09. The lowest BCUT2D eigenvalue weighted by molar-refractivity contribution is 0.0948. The van der Waals surface area contributed by atoms with Crippen LogP contribution < -0.4 is 15.0 Å². The zero-order valence-corrected chi connectivity index (χ0v) is 17.3. The van der Waals surface area contributed by atoms with Crippen LogP contribution in [0.5, 0.6) is 5.75 Å². The normalized spacial score (nSPS) is 12.4. The van der Waals surface area contributed by atoms with Gasteiger partial charge < -0.3 is 15.0 Å². The Morgan fingerprint density at radius 3 is 2.60 bits per heavy atom. The fourth-order valence-corrected chi connectivity index (χ4v) is 3.67. The Morgan fingerprint density at radius 1 is 1.03 bits per heavy atom. The molecule has 0 saturated carbocycles. The van der Waals surface area contributed by atoms with Crippen molar-refractivity contribution in [3.05, 3.63) is 94.0 Å². The molecule has 1 heterocycles. The van der Waals surface area contributed by atoms with Crippen LogP contribution in [-0.4, -0.2) is 25.5 Å². The number of hydrogen-bond acceptors (Lipinski definition) is 3. The van der Waals surface area contributed by atoms with Gasteiger partial charge in [0.2, 0.25) is 0 Å². The average Bonchev–Trinajstić information content (AvgIpc) is 3.20. The monoisotopic (exact) mass is 420 g/mol.